The fourth-order valence-electron chi connectivity index (χ4n) is 1.09. The second kappa shape index (κ2) is 5.67. The molecule has 1 N–H and O–H groups in total. The first-order chi connectivity index (χ1) is 8.58. The predicted octanol–water partition coefficient (Wildman–Crippen LogP) is 2.48. The minimum atomic E-state index is -4.77. The summed E-state index contributed by atoms with van der Waals surface area (Å²) < 4.78 is 86.4. The number of hydrogen-bond acceptors (Lipinski definition) is 4. The molecule has 0 bridgehead atoms. The second-order valence-corrected chi connectivity index (χ2v) is 5.98. The Balaban J connectivity index is 2.98. The zero-order valence-corrected chi connectivity index (χ0v) is 11.0. The van der Waals surface area contributed by atoms with Gasteiger partial charge >= 0.3 is 6.18 Å². The Morgan fingerprint density at radius 3 is 2.37 bits per heavy atom. The van der Waals surface area contributed by atoms with Crippen molar-refractivity contribution in [1.82, 2.24) is 9.71 Å². The number of rotatable bonds is 5. The highest BCUT2D eigenvalue weighted by molar-refractivity contribution is 7.89. The molecular weight excluding hydrogens is 315 g/mol. The normalized spacial score (nSPS) is 14.9. The van der Waals surface area contributed by atoms with Crippen molar-refractivity contribution in [1.29, 1.82) is 0 Å². The number of hydrogen-bond donors (Lipinski definition) is 1. The summed E-state index contributed by atoms with van der Waals surface area (Å²) in [6.45, 7) is 1.32. The van der Waals surface area contributed by atoms with Gasteiger partial charge in [-0.25, -0.2) is 26.9 Å². The Kier molecular flexibility index (Phi) is 4.85. The van der Waals surface area contributed by atoms with E-state index in [2.05, 4.69) is 4.98 Å². The molecule has 1 heterocycles. The van der Waals surface area contributed by atoms with Gasteiger partial charge in [0, 0.05) is 5.38 Å². The van der Waals surface area contributed by atoms with Gasteiger partial charge in [0.1, 0.15) is 0 Å². The first kappa shape index (κ1) is 16.2. The van der Waals surface area contributed by atoms with Crippen LogP contribution in [-0.2, 0) is 16.2 Å². The lowest BCUT2D eigenvalue weighted by Crippen LogP contribution is -2.39. The summed E-state index contributed by atoms with van der Waals surface area (Å²) in [5, 5.41) is -1.61. The van der Waals surface area contributed by atoms with E-state index in [1.807, 2.05) is 0 Å². The average Bonchev–Trinajstić information content (AvgIpc) is 2.74. The van der Waals surface area contributed by atoms with Crippen molar-refractivity contribution in [3.05, 3.63) is 10.4 Å². The Morgan fingerprint density at radius 1 is 1.42 bits per heavy atom. The van der Waals surface area contributed by atoms with E-state index >= 15 is 0 Å². The topological polar surface area (TPSA) is 59.1 Å². The molecule has 1 aromatic heterocycles. The van der Waals surface area contributed by atoms with Crippen molar-refractivity contribution < 1.29 is 30.4 Å². The second-order valence-electron chi connectivity index (χ2n) is 3.46. The van der Waals surface area contributed by atoms with Gasteiger partial charge < -0.3 is 0 Å². The van der Waals surface area contributed by atoms with Gasteiger partial charge in [-0.3, -0.25) is 0 Å². The van der Waals surface area contributed by atoms with E-state index in [0.717, 1.165) is 0 Å². The molecule has 0 aliphatic rings. The average molecular weight is 324 g/mol. The molecule has 0 aliphatic heterocycles. The summed E-state index contributed by atoms with van der Waals surface area (Å²) in [5.41, 5.74) is 0. The molecular formula is C8H9F5N2O2S2. The molecule has 0 fully saturated rings. The third kappa shape index (κ3) is 4.08. The molecule has 0 aromatic carbocycles. The highest BCUT2D eigenvalue weighted by Crippen LogP contribution is 2.32. The zero-order valence-electron chi connectivity index (χ0n) is 9.41. The highest BCUT2D eigenvalue weighted by Gasteiger charge is 2.36. The molecule has 0 spiro atoms. The third-order valence-electron chi connectivity index (χ3n) is 2.05. The Morgan fingerprint density at radius 2 is 2.00 bits per heavy atom. The summed E-state index contributed by atoms with van der Waals surface area (Å²) in [7, 11) is -4.49. The minimum absolute atomic E-state index is 0.0837. The van der Waals surface area contributed by atoms with Crippen LogP contribution >= 0.6 is 11.3 Å². The number of nitrogens with zero attached hydrogens (tertiary/aromatic N) is 1. The predicted molar refractivity (Wildman–Crippen MR) is 57.5 cm³/mol. The van der Waals surface area contributed by atoms with E-state index in [4.69, 9.17) is 0 Å². The van der Waals surface area contributed by atoms with E-state index in [0.29, 0.717) is 5.38 Å². The first-order valence-electron chi connectivity index (χ1n) is 4.91. The molecule has 110 valence electrons. The van der Waals surface area contributed by atoms with E-state index in [-0.39, 0.29) is 17.8 Å². The quantitative estimate of drug-likeness (QED) is 0.847. The van der Waals surface area contributed by atoms with Crippen LogP contribution in [0.25, 0.3) is 0 Å². The van der Waals surface area contributed by atoms with Gasteiger partial charge in [-0.2, -0.15) is 13.2 Å². The lowest BCUT2D eigenvalue weighted by molar-refractivity contribution is -0.137. The maximum Gasteiger partial charge on any atom is 0.443 e. The molecule has 4 nitrogen and oxygen atoms in total. The number of thiazole rings is 1. The van der Waals surface area contributed by atoms with Crippen molar-refractivity contribution in [2.24, 2.45) is 0 Å². The molecule has 1 rings (SSSR count). The Hall–Kier alpha value is -0.810. The molecule has 0 radical (unpaired) electrons. The first-order valence-corrected chi connectivity index (χ1v) is 7.27. The van der Waals surface area contributed by atoms with Crippen LogP contribution in [0, 0.1) is 0 Å². The maximum atomic E-state index is 12.4. The van der Waals surface area contributed by atoms with Crippen LogP contribution in [0.4, 0.5) is 22.0 Å². The van der Waals surface area contributed by atoms with E-state index in [9.17, 15) is 30.4 Å². The monoisotopic (exact) mass is 324 g/mol. The number of alkyl halides is 5. The van der Waals surface area contributed by atoms with Crippen molar-refractivity contribution in [2.45, 2.75) is 37.0 Å². The standard InChI is InChI=1S/C8H9F5N2O2S2/c1-2-4(6(9)10)15-19(16,17)5-3-18-7(14-5)8(11,12)13/h3-4,6,15H,2H2,1H3. The van der Waals surface area contributed by atoms with Gasteiger partial charge in [0.25, 0.3) is 16.4 Å². The lowest BCUT2D eigenvalue weighted by Gasteiger charge is -2.14. The number of sulfonamides is 1. The molecule has 0 amide bonds. The summed E-state index contributed by atoms with van der Waals surface area (Å²) in [6.07, 6.45) is -7.93. The summed E-state index contributed by atoms with van der Waals surface area (Å²) in [4.78, 5) is 2.90. The fraction of sp³-hybridized carbons (Fsp3) is 0.625. The molecule has 1 atom stereocenters. The Bertz CT molecular complexity index is 525. The molecule has 0 saturated heterocycles. The molecule has 1 unspecified atom stereocenters. The van der Waals surface area contributed by atoms with Gasteiger partial charge in [-0.1, -0.05) is 6.92 Å². The van der Waals surface area contributed by atoms with Crippen LogP contribution in [0.15, 0.2) is 10.4 Å². The minimum Gasteiger partial charge on any atom is -0.219 e. The van der Waals surface area contributed by atoms with Gasteiger partial charge in [0.15, 0.2) is 10.0 Å². The zero-order chi connectivity index (χ0) is 14.8. The fourth-order valence-corrected chi connectivity index (χ4v) is 3.34. The smallest absolute Gasteiger partial charge is 0.219 e. The molecule has 1 aromatic rings. The van der Waals surface area contributed by atoms with Gasteiger partial charge in [-0.15, -0.1) is 11.3 Å². The van der Waals surface area contributed by atoms with Gasteiger partial charge in [0.2, 0.25) is 0 Å². The van der Waals surface area contributed by atoms with Crippen LogP contribution in [0.5, 0.6) is 0 Å². The van der Waals surface area contributed by atoms with E-state index < -0.39 is 38.7 Å². The van der Waals surface area contributed by atoms with Crippen LogP contribution < -0.4 is 4.72 Å². The van der Waals surface area contributed by atoms with Crippen molar-refractivity contribution >= 4 is 21.4 Å². The number of halogens is 5. The third-order valence-corrected chi connectivity index (χ3v) is 4.46. The highest BCUT2D eigenvalue weighted by atomic mass is 32.2. The molecule has 19 heavy (non-hydrogen) atoms. The lowest BCUT2D eigenvalue weighted by atomic mass is 10.3. The van der Waals surface area contributed by atoms with Crippen LogP contribution in [-0.4, -0.2) is 25.9 Å². The largest absolute Gasteiger partial charge is 0.443 e. The summed E-state index contributed by atoms with van der Waals surface area (Å²) >= 11 is 0.0837. The Labute approximate surface area is 109 Å². The summed E-state index contributed by atoms with van der Waals surface area (Å²) in [5.74, 6) is 0. The van der Waals surface area contributed by atoms with Crippen molar-refractivity contribution in [2.75, 3.05) is 0 Å². The maximum absolute atomic E-state index is 12.4. The van der Waals surface area contributed by atoms with Crippen LogP contribution in [0.3, 0.4) is 0 Å². The van der Waals surface area contributed by atoms with E-state index in [1.54, 1.807) is 4.72 Å². The van der Waals surface area contributed by atoms with Gasteiger partial charge in [-0.05, 0) is 6.42 Å². The van der Waals surface area contributed by atoms with E-state index in [1.165, 1.54) is 6.92 Å². The van der Waals surface area contributed by atoms with Crippen molar-refractivity contribution in [3.8, 4) is 0 Å². The molecule has 0 saturated carbocycles. The van der Waals surface area contributed by atoms with Crippen LogP contribution in [0.2, 0.25) is 0 Å². The number of aromatic nitrogens is 1. The van der Waals surface area contributed by atoms with Crippen molar-refractivity contribution in [3.63, 3.8) is 0 Å². The SMILES string of the molecule is CCC(NS(=O)(=O)c1csc(C(F)(F)F)n1)C(F)F. The summed E-state index contributed by atoms with van der Waals surface area (Å²) in [6, 6.07) is -1.67. The molecule has 11 heteroatoms. The molecule has 0 aliphatic carbocycles. The van der Waals surface area contributed by atoms with Crippen LogP contribution in [0.1, 0.15) is 18.4 Å². The van der Waals surface area contributed by atoms with Gasteiger partial charge in [0.05, 0.1) is 6.04 Å². The number of nitrogens with one attached hydrogen (secondary N) is 1.